The van der Waals surface area contributed by atoms with Crippen molar-refractivity contribution in [2.45, 2.75) is 6.42 Å². The molecular weight excluding hydrogens is 278 g/mol. The Morgan fingerprint density at radius 3 is 2.94 bits per heavy atom. The van der Waals surface area contributed by atoms with Gasteiger partial charge in [-0.1, -0.05) is 11.6 Å². The molecule has 0 unspecified atom stereocenters. The number of aromatic nitrogens is 1. The third-order valence-electron chi connectivity index (χ3n) is 2.63. The van der Waals surface area contributed by atoms with E-state index in [1.54, 1.807) is 6.20 Å². The third-order valence-corrected chi connectivity index (χ3v) is 3.17. The SMILES string of the molecule is O=C(CCl)NCCc1c[nH]c2c(Cl)cc(F)cc12. The predicted molar refractivity (Wildman–Crippen MR) is 70.7 cm³/mol. The number of carbonyl (C=O) groups excluding carboxylic acids is 1. The molecule has 1 aromatic carbocycles. The molecule has 3 nitrogen and oxygen atoms in total. The van der Waals surface area contributed by atoms with Gasteiger partial charge in [0.05, 0.1) is 10.5 Å². The van der Waals surface area contributed by atoms with Gasteiger partial charge in [-0.15, -0.1) is 11.6 Å². The zero-order valence-electron chi connectivity index (χ0n) is 9.40. The van der Waals surface area contributed by atoms with Gasteiger partial charge in [-0.3, -0.25) is 4.79 Å². The van der Waals surface area contributed by atoms with Crippen LogP contribution in [0.25, 0.3) is 10.9 Å². The number of halogens is 3. The fraction of sp³-hybridized carbons (Fsp3) is 0.250. The normalized spacial score (nSPS) is 10.8. The Balaban J connectivity index is 2.16. The van der Waals surface area contributed by atoms with Crippen LogP contribution in [0.5, 0.6) is 0 Å². The first kappa shape index (κ1) is 13.2. The average molecular weight is 289 g/mol. The van der Waals surface area contributed by atoms with Crippen LogP contribution in [0, 0.1) is 5.82 Å². The van der Waals surface area contributed by atoms with Crippen molar-refractivity contribution in [1.29, 1.82) is 0 Å². The summed E-state index contributed by atoms with van der Waals surface area (Å²) in [5.74, 6) is -0.659. The third kappa shape index (κ3) is 2.76. The Kier molecular flexibility index (Phi) is 4.09. The van der Waals surface area contributed by atoms with E-state index in [2.05, 4.69) is 10.3 Å². The molecule has 0 aliphatic carbocycles. The monoisotopic (exact) mass is 288 g/mol. The van der Waals surface area contributed by atoms with E-state index >= 15 is 0 Å². The molecule has 0 bridgehead atoms. The van der Waals surface area contributed by atoms with Crippen LogP contribution in [0.3, 0.4) is 0 Å². The van der Waals surface area contributed by atoms with Crippen molar-refractivity contribution in [3.63, 3.8) is 0 Å². The number of benzene rings is 1. The Morgan fingerprint density at radius 1 is 1.44 bits per heavy atom. The smallest absolute Gasteiger partial charge is 0.234 e. The summed E-state index contributed by atoms with van der Waals surface area (Å²) in [4.78, 5) is 14.0. The molecular formula is C12H11Cl2FN2O. The highest BCUT2D eigenvalue weighted by atomic mass is 35.5. The molecule has 0 radical (unpaired) electrons. The molecule has 0 saturated heterocycles. The van der Waals surface area contributed by atoms with E-state index < -0.39 is 0 Å². The molecule has 0 spiro atoms. The molecule has 1 aromatic heterocycles. The summed E-state index contributed by atoms with van der Waals surface area (Å²) in [6, 6.07) is 2.69. The fourth-order valence-corrected chi connectivity index (χ4v) is 2.16. The van der Waals surface area contributed by atoms with Crippen LogP contribution in [-0.2, 0) is 11.2 Å². The molecule has 0 aliphatic rings. The van der Waals surface area contributed by atoms with Crippen molar-refractivity contribution in [1.82, 2.24) is 10.3 Å². The van der Waals surface area contributed by atoms with Gasteiger partial charge in [0.15, 0.2) is 0 Å². The van der Waals surface area contributed by atoms with Gasteiger partial charge in [-0.2, -0.15) is 0 Å². The summed E-state index contributed by atoms with van der Waals surface area (Å²) in [6.45, 7) is 0.451. The fourth-order valence-electron chi connectivity index (χ4n) is 1.80. The first-order valence-electron chi connectivity index (χ1n) is 5.39. The molecule has 2 aromatic rings. The number of hydrogen-bond acceptors (Lipinski definition) is 1. The number of rotatable bonds is 4. The van der Waals surface area contributed by atoms with Gasteiger partial charge in [0, 0.05) is 18.1 Å². The molecule has 0 atom stereocenters. The minimum atomic E-state index is -0.377. The quantitative estimate of drug-likeness (QED) is 0.835. The van der Waals surface area contributed by atoms with Gasteiger partial charge in [0.2, 0.25) is 5.91 Å². The lowest BCUT2D eigenvalue weighted by molar-refractivity contribution is -0.118. The second kappa shape index (κ2) is 5.59. The minimum Gasteiger partial charge on any atom is -0.360 e. The van der Waals surface area contributed by atoms with Crippen LogP contribution >= 0.6 is 23.2 Å². The van der Waals surface area contributed by atoms with Gasteiger partial charge in [0.1, 0.15) is 11.7 Å². The van der Waals surface area contributed by atoms with Crippen LogP contribution in [0.2, 0.25) is 5.02 Å². The lowest BCUT2D eigenvalue weighted by atomic mass is 10.1. The van der Waals surface area contributed by atoms with E-state index in [1.165, 1.54) is 12.1 Å². The van der Waals surface area contributed by atoms with E-state index in [9.17, 15) is 9.18 Å². The highest BCUT2D eigenvalue weighted by molar-refractivity contribution is 6.35. The van der Waals surface area contributed by atoms with E-state index in [0.717, 1.165) is 10.9 Å². The second-order valence-electron chi connectivity index (χ2n) is 3.86. The van der Waals surface area contributed by atoms with Crippen LogP contribution < -0.4 is 5.32 Å². The van der Waals surface area contributed by atoms with Gasteiger partial charge >= 0.3 is 0 Å². The second-order valence-corrected chi connectivity index (χ2v) is 4.53. The summed E-state index contributed by atoms with van der Waals surface area (Å²) >= 11 is 11.3. The Hall–Kier alpha value is -1.26. The van der Waals surface area contributed by atoms with Crippen molar-refractivity contribution >= 4 is 40.0 Å². The number of aromatic amines is 1. The Morgan fingerprint density at radius 2 is 2.22 bits per heavy atom. The molecule has 0 fully saturated rings. The van der Waals surface area contributed by atoms with Crippen molar-refractivity contribution in [3.05, 3.63) is 34.7 Å². The molecule has 1 amide bonds. The molecule has 6 heteroatoms. The molecule has 0 saturated carbocycles. The lowest BCUT2D eigenvalue weighted by Crippen LogP contribution is -2.26. The zero-order valence-corrected chi connectivity index (χ0v) is 10.9. The van der Waals surface area contributed by atoms with Gasteiger partial charge < -0.3 is 10.3 Å². The van der Waals surface area contributed by atoms with Gasteiger partial charge in [-0.05, 0) is 24.1 Å². The first-order chi connectivity index (χ1) is 8.61. The van der Waals surface area contributed by atoms with Crippen molar-refractivity contribution in [2.24, 2.45) is 0 Å². The van der Waals surface area contributed by atoms with Crippen molar-refractivity contribution < 1.29 is 9.18 Å². The minimum absolute atomic E-state index is 0.0612. The van der Waals surface area contributed by atoms with Crippen LogP contribution in [-0.4, -0.2) is 23.3 Å². The zero-order chi connectivity index (χ0) is 13.1. The van der Waals surface area contributed by atoms with Crippen LogP contribution in [0.4, 0.5) is 4.39 Å². The number of fused-ring (bicyclic) bond motifs is 1. The van der Waals surface area contributed by atoms with Crippen molar-refractivity contribution in [2.75, 3.05) is 12.4 Å². The summed E-state index contributed by atoms with van der Waals surface area (Å²) in [5, 5.41) is 3.74. The van der Waals surface area contributed by atoms with Crippen LogP contribution in [0.15, 0.2) is 18.3 Å². The maximum Gasteiger partial charge on any atom is 0.234 e. The molecule has 96 valence electrons. The molecule has 18 heavy (non-hydrogen) atoms. The first-order valence-corrected chi connectivity index (χ1v) is 6.30. The average Bonchev–Trinajstić information content (AvgIpc) is 2.72. The molecule has 2 N–H and O–H groups in total. The number of nitrogens with one attached hydrogen (secondary N) is 2. The topological polar surface area (TPSA) is 44.9 Å². The summed E-state index contributed by atoms with van der Waals surface area (Å²) in [7, 11) is 0. The highest BCUT2D eigenvalue weighted by Crippen LogP contribution is 2.26. The summed E-state index contributed by atoms with van der Waals surface area (Å²) < 4.78 is 13.3. The number of carbonyl (C=O) groups is 1. The number of amides is 1. The highest BCUT2D eigenvalue weighted by Gasteiger charge is 2.09. The Labute approximate surface area is 113 Å². The number of hydrogen-bond donors (Lipinski definition) is 2. The van der Waals surface area contributed by atoms with Gasteiger partial charge in [0.25, 0.3) is 0 Å². The molecule has 1 heterocycles. The van der Waals surface area contributed by atoms with E-state index in [1.807, 2.05) is 0 Å². The Bertz CT molecular complexity index is 583. The number of H-pyrrole nitrogens is 1. The van der Waals surface area contributed by atoms with E-state index in [4.69, 9.17) is 23.2 Å². The molecule has 0 aliphatic heterocycles. The predicted octanol–water partition coefficient (Wildman–Crippen LogP) is 2.86. The van der Waals surface area contributed by atoms with Crippen LogP contribution in [0.1, 0.15) is 5.56 Å². The lowest BCUT2D eigenvalue weighted by Gasteiger charge is -2.02. The van der Waals surface area contributed by atoms with Crippen molar-refractivity contribution in [3.8, 4) is 0 Å². The van der Waals surface area contributed by atoms with Gasteiger partial charge in [-0.25, -0.2) is 4.39 Å². The summed E-state index contributed by atoms with van der Waals surface area (Å²) in [5.41, 5.74) is 1.61. The summed E-state index contributed by atoms with van der Waals surface area (Å²) in [6.07, 6.45) is 2.35. The number of alkyl halides is 1. The maximum atomic E-state index is 13.3. The van der Waals surface area contributed by atoms with E-state index in [-0.39, 0.29) is 17.6 Å². The standard InChI is InChI=1S/C12H11Cl2FN2O/c13-5-11(18)16-2-1-7-6-17-12-9(7)3-8(15)4-10(12)14/h3-4,6,17H,1-2,5H2,(H,16,18). The maximum absolute atomic E-state index is 13.3. The largest absolute Gasteiger partial charge is 0.360 e. The molecule has 2 rings (SSSR count). The van der Waals surface area contributed by atoms with E-state index in [0.29, 0.717) is 23.5 Å².